The zero-order chi connectivity index (χ0) is 15.6. The molecule has 0 radical (unpaired) electrons. The maximum atomic E-state index is 12.6. The fourth-order valence-corrected chi connectivity index (χ4v) is 2.15. The molecule has 1 atom stereocenters. The maximum absolute atomic E-state index is 12.6. The first-order chi connectivity index (χ1) is 9.05. The van der Waals surface area contributed by atoms with Gasteiger partial charge in [-0.05, 0) is 26.3 Å². The van der Waals surface area contributed by atoms with Gasteiger partial charge in [0.25, 0.3) is 0 Å². The summed E-state index contributed by atoms with van der Waals surface area (Å²) in [6.45, 7) is 0.181. The minimum Gasteiger partial charge on any atom is -0.347 e. The van der Waals surface area contributed by atoms with E-state index < -0.39 is 36.6 Å². The first-order valence-corrected chi connectivity index (χ1v) is 6.36. The van der Waals surface area contributed by atoms with E-state index in [0.717, 1.165) is 6.42 Å². The molecule has 0 aromatic rings. The SMILES string of the molecule is CN(C)C(=O)CN(CC(F)(F)F)C(=O)C1(C)CCCN1. The smallest absolute Gasteiger partial charge is 0.347 e. The fourth-order valence-electron chi connectivity index (χ4n) is 2.15. The van der Waals surface area contributed by atoms with Gasteiger partial charge in [-0.25, -0.2) is 0 Å². The van der Waals surface area contributed by atoms with E-state index in [-0.39, 0.29) is 0 Å². The summed E-state index contributed by atoms with van der Waals surface area (Å²) in [5.74, 6) is -1.22. The number of nitrogens with zero attached hydrogens (tertiary/aromatic N) is 2. The molecule has 0 aromatic heterocycles. The Kier molecular flexibility index (Phi) is 5.01. The first kappa shape index (κ1) is 16.7. The van der Waals surface area contributed by atoms with Gasteiger partial charge in [-0.1, -0.05) is 0 Å². The lowest BCUT2D eigenvalue weighted by atomic mass is 9.98. The normalized spacial score (nSPS) is 22.7. The van der Waals surface area contributed by atoms with Gasteiger partial charge in [0.05, 0.1) is 5.54 Å². The standard InChI is InChI=1S/C12H20F3N3O2/c1-11(5-4-6-16-11)10(20)18(8-12(13,14)15)7-9(19)17(2)3/h16H,4-8H2,1-3H3. The Labute approximate surface area is 116 Å². The maximum Gasteiger partial charge on any atom is 0.406 e. The van der Waals surface area contributed by atoms with Crippen LogP contribution in [0.25, 0.3) is 0 Å². The second-order valence-electron chi connectivity index (χ2n) is 5.43. The number of likely N-dealkylation sites (N-methyl/N-ethyl adjacent to an activating group) is 1. The number of hydrogen-bond donors (Lipinski definition) is 1. The third-order valence-corrected chi connectivity index (χ3v) is 3.32. The molecule has 1 aliphatic rings. The summed E-state index contributed by atoms with van der Waals surface area (Å²) in [4.78, 5) is 25.7. The summed E-state index contributed by atoms with van der Waals surface area (Å²) >= 11 is 0. The average Bonchev–Trinajstić information content (AvgIpc) is 2.73. The summed E-state index contributed by atoms with van der Waals surface area (Å²) in [5, 5.41) is 2.92. The van der Waals surface area contributed by atoms with Gasteiger partial charge in [-0.15, -0.1) is 0 Å². The fraction of sp³-hybridized carbons (Fsp3) is 0.833. The largest absolute Gasteiger partial charge is 0.406 e. The van der Waals surface area contributed by atoms with Crippen molar-refractivity contribution in [3.8, 4) is 0 Å². The second-order valence-corrected chi connectivity index (χ2v) is 5.43. The lowest BCUT2D eigenvalue weighted by molar-refractivity contribution is -0.167. The van der Waals surface area contributed by atoms with Crippen LogP contribution in [0.1, 0.15) is 19.8 Å². The van der Waals surface area contributed by atoms with Gasteiger partial charge < -0.3 is 15.1 Å². The Hall–Kier alpha value is -1.31. The van der Waals surface area contributed by atoms with E-state index in [9.17, 15) is 22.8 Å². The van der Waals surface area contributed by atoms with Gasteiger partial charge in [-0.3, -0.25) is 9.59 Å². The van der Waals surface area contributed by atoms with Crippen LogP contribution in [0.4, 0.5) is 13.2 Å². The van der Waals surface area contributed by atoms with Crippen molar-refractivity contribution in [3.05, 3.63) is 0 Å². The van der Waals surface area contributed by atoms with Crippen molar-refractivity contribution in [2.24, 2.45) is 0 Å². The molecule has 0 aromatic carbocycles. The molecule has 2 amide bonds. The van der Waals surface area contributed by atoms with Crippen LogP contribution in [0.3, 0.4) is 0 Å². The molecule has 0 bridgehead atoms. The van der Waals surface area contributed by atoms with Gasteiger partial charge in [-0.2, -0.15) is 13.2 Å². The van der Waals surface area contributed by atoms with Crippen molar-refractivity contribution in [1.82, 2.24) is 15.1 Å². The minimum absolute atomic E-state index is 0.469. The highest BCUT2D eigenvalue weighted by Gasteiger charge is 2.43. The van der Waals surface area contributed by atoms with E-state index in [0.29, 0.717) is 17.9 Å². The Balaban J connectivity index is 2.86. The number of nitrogens with one attached hydrogen (secondary N) is 1. The van der Waals surface area contributed by atoms with E-state index in [1.54, 1.807) is 6.92 Å². The van der Waals surface area contributed by atoms with E-state index in [1.807, 2.05) is 0 Å². The number of hydrogen-bond acceptors (Lipinski definition) is 3. The highest BCUT2D eigenvalue weighted by Crippen LogP contribution is 2.24. The molecule has 8 heteroatoms. The Bertz CT molecular complexity index is 377. The number of halogens is 3. The molecule has 0 saturated carbocycles. The number of rotatable bonds is 4. The second kappa shape index (κ2) is 5.99. The molecule has 1 fully saturated rings. The monoisotopic (exact) mass is 295 g/mol. The summed E-state index contributed by atoms with van der Waals surface area (Å²) < 4.78 is 37.8. The van der Waals surface area contributed by atoms with Gasteiger partial charge in [0.1, 0.15) is 13.1 Å². The van der Waals surface area contributed by atoms with Crippen LogP contribution >= 0.6 is 0 Å². The molecule has 0 spiro atoms. The number of amides is 2. The van der Waals surface area contributed by atoms with Gasteiger partial charge in [0.15, 0.2) is 0 Å². The summed E-state index contributed by atoms with van der Waals surface area (Å²) in [5.41, 5.74) is -1.02. The van der Waals surface area contributed by atoms with Gasteiger partial charge in [0.2, 0.25) is 11.8 Å². The molecule has 1 N–H and O–H groups in total. The first-order valence-electron chi connectivity index (χ1n) is 6.36. The van der Waals surface area contributed by atoms with Crippen molar-refractivity contribution in [2.45, 2.75) is 31.5 Å². The predicted octanol–water partition coefficient (Wildman–Crippen LogP) is 0.608. The number of alkyl halides is 3. The highest BCUT2D eigenvalue weighted by atomic mass is 19.4. The van der Waals surface area contributed by atoms with Crippen molar-refractivity contribution >= 4 is 11.8 Å². The molecule has 1 aliphatic heterocycles. The zero-order valence-electron chi connectivity index (χ0n) is 11.9. The number of carbonyl (C=O) groups excluding carboxylic acids is 2. The number of carbonyl (C=O) groups is 2. The highest BCUT2D eigenvalue weighted by molar-refractivity contribution is 5.90. The van der Waals surface area contributed by atoms with Crippen LogP contribution in [-0.2, 0) is 9.59 Å². The molecule has 0 aliphatic carbocycles. The van der Waals surface area contributed by atoms with E-state index in [4.69, 9.17) is 0 Å². The van der Waals surface area contributed by atoms with Crippen molar-refractivity contribution in [3.63, 3.8) is 0 Å². The lowest BCUT2D eigenvalue weighted by Gasteiger charge is -2.32. The molecule has 1 heterocycles. The van der Waals surface area contributed by atoms with Crippen LogP contribution < -0.4 is 5.32 Å². The van der Waals surface area contributed by atoms with Crippen LogP contribution in [0.5, 0.6) is 0 Å². The molecule has 5 nitrogen and oxygen atoms in total. The van der Waals surface area contributed by atoms with Gasteiger partial charge in [0, 0.05) is 14.1 Å². The van der Waals surface area contributed by atoms with Gasteiger partial charge >= 0.3 is 6.18 Å². The third kappa shape index (κ3) is 4.36. The predicted molar refractivity (Wildman–Crippen MR) is 67.0 cm³/mol. The Morgan fingerprint density at radius 3 is 2.30 bits per heavy atom. The Morgan fingerprint density at radius 1 is 1.30 bits per heavy atom. The quantitative estimate of drug-likeness (QED) is 0.827. The molecule has 20 heavy (non-hydrogen) atoms. The molecular weight excluding hydrogens is 275 g/mol. The summed E-state index contributed by atoms with van der Waals surface area (Å²) in [6, 6.07) is 0. The van der Waals surface area contributed by atoms with Crippen molar-refractivity contribution in [2.75, 3.05) is 33.7 Å². The van der Waals surface area contributed by atoms with E-state index >= 15 is 0 Å². The molecule has 116 valence electrons. The summed E-state index contributed by atoms with van der Waals surface area (Å²) in [7, 11) is 2.88. The van der Waals surface area contributed by atoms with Crippen LogP contribution in [0.2, 0.25) is 0 Å². The summed E-state index contributed by atoms with van der Waals surface area (Å²) in [6.07, 6.45) is -3.34. The van der Waals surface area contributed by atoms with E-state index in [2.05, 4.69) is 5.32 Å². The Morgan fingerprint density at radius 2 is 1.90 bits per heavy atom. The molecular formula is C12H20F3N3O2. The lowest BCUT2D eigenvalue weighted by Crippen LogP contribution is -2.56. The average molecular weight is 295 g/mol. The van der Waals surface area contributed by atoms with Crippen molar-refractivity contribution < 1.29 is 22.8 Å². The van der Waals surface area contributed by atoms with Crippen LogP contribution in [0, 0.1) is 0 Å². The molecule has 1 rings (SSSR count). The zero-order valence-corrected chi connectivity index (χ0v) is 11.9. The van der Waals surface area contributed by atoms with Crippen LogP contribution in [-0.4, -0.2) is 67.1 Å². The minimum atomic E-state index is -4.53. The third-order valence-electron chi connectivity index (χ3n) is 3.32. The van der Waals surface area contributed by atoms with Crippen molar-refractivity contribution in [1.29, 1.82) is 0 Å². The molecule has 1 saturated heterocycles. The van der Waals surface area contributed by atoms with Crippen LogP contribution in [0.15, 0.2) is 0 Å². The van der Waals surface area contributed by atoms with E-state index in [1.165, 1.54) is 19.0 Å². The molecule has 1 unspecified atom stereocenters. The topological polar surface area (TPSA) is 52.7 Å².